The molecule has 2 N–H and O–H groups in total. The van der Waals surface area contributed by atoms with Gasteiger partial charge in [-0.15, -0.1) is 0 Å². The Kier molecular flexibility index (Phi) is 6.45. The topological polar surface area (TPSA) is 92.3 Å². The van der Waals surface area contributed by atoms with Gasteiger partial charge in [0.05, 0.1) is 9.79 Å². The second-order valence-electron chi connectivity index (χ2n) is 5.85. The van der Waals surface area contributed by atoms with Gasteiger partial charge in [0.25, 0.3) is 20.0 Å². The average molecular weight is 536 g/mol. The molecule has 0 amide bonds. The van der Waals surface area contributed by atoms with Gasteiger partial charge in [0.2, 0.25) is 0 Å². The number of halogens is 3. The van der Waals surface area contributed by atoms with Crippen LogP contribution < -0.4 is 9.44 Å². The molecule has 3 aromatic rings. The van der Waals surface area contributed by atoms with Crippen molar-refractivity contribution in [1.82, 2.24) is 0 Å². The van der Waals surface area contributed by atoms with Gasteiger partial charge in [-0.2, -0.15) is 0 Å². The zero-order valence-electron chi connectivity index (χ0n) is 14.4. The molecule has 0 aliphatic heterocycles. The zero-order valence-corrected chi connectivity index (χ0v) is 19.2. The van der Waals surface area contributed by atoms with Crippen LogP contribution in [0.3, 0.4) is 0 Å². The molecule has 0 spiro atoms. The van der Waals surface area contributed by atoms with E-state index in [1.165, 1.54) is 42.5 Å². The van der Waals surface area contributed by atoms with Gasteiger partial charge in [-0.25, -0.2) is 16.8 Å². The number of hydrogen-bond donors (Lipinski definition) is 2. The van der Waals surface area contributed by atoms with Gasteiger partial charge in [-0.1, -0.05) is 39.1 Å². The van der Waals surface area contributed by atoms with Crippen molar-refractivity contribution >= 4 is 70.6 Å². The van der Waals surface area contributed by atoms with E-state index in [-0.39, 0.29) is 25.5 Å². The van der Waals surface area contributed by atoms with Crippen LogP contribution in [0.4, 0.5) is 11.4 Å². The molecule has 29 heavy (non-hydrogen) atoms. The maximum atomic E-state index is 12.5. The Morgan fingerprint density at radius 3 is 1.52 bits per heavy atom. The van der Waals surface area contributed by atoms with Crippen molar-refractivity contribution in [2.45, 2.75) is 9.79 Å². The van der Waals surface area contributed by atoms with Crippen molar-refractivity contribution in [2.24, 2.45) is 0 Å². The number of rotatable bonds is 6. The van der Waals surface area contributed by atoms with Gasteiger partial charge in [0.15, 0.2) is 0 Å². The van der Waals surface area contributed by atoms with Crippen LogP contribution in [0, 0.1) is 0 Å². The van der Waals surface area contributed by atoms with E-state index in [0.29, 0.717) is 5.69 Å². The molecule has 0 unspecified atom stereocenters. The highest BCUT2D eigenvalue weighted by Gasteiger charge is 2.18. The van der Waals surface area contributed by atoms with Gasteiger partial charge in [-0.3, -0.25) is 9.44 Å². The van der Waals surface area contributed by atoms with Crippen LogP contribution in [0.15, 0.2) is 81.0 Å². The van der Waals surface area contributed by atoms with Crippen molar-refractivity contribution in [3.63, 3.8) is 0 Å². The molecular weight excluding hydrogens is 523 g/mol. The van der Waals surface area contributed by atoms with Gasteiger partial charge < -0.3 is 0 Å². The molecule has 3 rings (SSSR count). The summed E-state index contributed by atoms with van der Waals surface area (Å²) in [5.41, 5.74) is 0.583. The third-order valence-electron chi connectivity index (χ3n) is 3.66. The minimum absolute atomic E-state index is 0.0193. The second kappa shape index (κ2) is 8.53. The first kappa shape index (κ1) is 21.9. The molecule has 11 heteroatoms. The van der Waals surface area contributed by atoms with Crippen LogP contribution in [0.5, 0.6) is 0 Å². The number of hydrogen-bond acceptors (Lipinski definition) is 4. The van der Waals surface area contributed by atoms with Crippen LogP contribution >= 0.6 is 39.1 Å². The molecule has 0 saturated carbocycles. The molecule has 0 aliphatic rings. The summed E-state index contributed by atoms with van der Waals surface area (Å²) in [6.07, 6.45) is 0. The molecule has 0 bridgehead atoms. The smallest absolute Gasteiger partial charge is 0.261 e. The first-order chi connectivity index (χ1) is 13.5. The minimum Gasteiger partial charge on any atom is -0.280 e. The summed E-state index contributed by atoms with van der Waals surface area (Å²) in [6.45, 7) is 0. The predicted octanol–water partition coefficient (Wildman–Crippen LogP) is 5.36. The van der Waals surface area contributed by atoms with Gasteiger partial charge in [-0.05, 0) is 66.7 Å². The maximum Gasteiger partial charge on any atom is 0.261 e. The molecule has 0 heterocycles. The Bertz CT molecular complexity index is 1230. The van der Waals surface area contributed by atoms with Crippen molar-refractivity contribution in [2.75, 3.05) is 9.44 Å². The molecule has 6 nitrogen and oxygen atoms in total. The summed E-state index contributed by atoms with van der Waals surface area (Å²) in [4.78, 5) is -0.127. The fourth-order valence-electron chi connectivity index (χ4n) is 2.33. The third-order valence-corrected chi connectivity index (χ3v) is 7.38. The van der Waals surface area contributed by atoms with Crippen molar-refractivity contribution < 1.29 is 16.8 Å². The van der Waals surface area contributed by atoms with E-state index >= 15 is 0 Å². The lowest BCUT2D eigenvalue weighted by Gasteiger charge is -2.11. The minimum atomic E-state index is -3.95. The molecule has 3 aromatic carbocycles. The molecule has 0 fully saturated rings. The molecular formula is C18H13BrCl2N2O4S2. The maximum absolute atomic E-state index is 12.5. The monoisotopic (exact) mass is 534 g/mol. The summed E-state index contributed by atoms with van der Waals surface area (Å²) in [6, 6.07) is 15.9. The van der Waals surface area contributed by atoms with Crippen molar-refractivity contribution in [3.05, 3.63) is 81.2 Å². The fourth-order valence-corrected chi connectivity index (χ4v) is 5.44. The van der Waals surface area contributed by atoms with E-state index in [9.17, 15) is 16.8 Å². The Balaban J connectivity index is 1.79. The van der Waals surface area contributed by atoms with E-state index < -0.39 is 20.0 Å². The number of benzene rings is 3. The lowest BCUT2D eigenvalue weighted by molar-refractivity contribution is 0.600. The predicted molar refractivity (Wildman–Crippen MR) is 119 cm³/mol. The SMILES string of the molecule is O=S(=O)(Nc1ccc(Br)cc1)c1ccc(NS(=O)(=O)c2cc(Cl)cc(Cl)c2)cc1. The Morgan fingerprint density at radius 1 is 0.621 bits per heavy atom. The second-order valence-corrected chi connectivity index (χ2v) is 11.0. The van der Waals surface area contributed by atoms with Crippen LogP contribution in [0.1, 0.15) is 0 Å². The fraction of sp³-hybridized carbons (Fsp3) is 0. The van der Waals surface area contributed by atoms with Gasteiger partial charge in [0, 0.05) is 25.9 Å². The van der Waals surface area contributed by atoms with E-state index in [0.717, 1.165) is 4.47 Å². The number of anilines is 2. The largest absolute Gasteiger partial charge is 0.280 e. The van der Waals surface area contributed by atoms with Crippen molar-refractivity contribution in [1.29, 1.82) is 0 Å². The molecule has 0 radical (unpaired) electrons. The normalized spacial score (nSPS) is 11.8. The van der Waals surface area contributed by atoms with Crippen LogP contribution in [0.2, 0.25) is 10.0 Å². The standard InChI is InChI=1S/C18H13BrCl2N2O4S2/c19-12-1-3-15(4-2-12)22-28(24,25)17-7-5-16(6-8-17)23-29(26,27)18-10-13(20)9-14(21)11-18/h1-11,22-23H. The van der Waals surface area contributed by atoms with Crippen LogP contribution in [-0.2, 0) is 20.0 Å². The molecule has 0 aromatic heterocycles. The van der Waals surface area contributed by atoms with E-state index in [2.05, 4.69) is 25.4 Å². The summed E-state index contributed by atoms with van der Waals surface area (Å²) in [7, 11) is -7.78. The van der Waals surface area contributed by atoms with Crippen LogP contribution in [-0.4, -0.2) is 16.8 Å². The Morgan fingerprint density at radius 2 is 1.03 bits per heavy atom. The summed E-state index contributed by atoms with van der Waals surface area (Å²) < 4.78 is 55.6. The van der Waals surface area contributed by atoms with Crippen LogP contribution in [0.25, 0.3) is 0 Å². The Hall–Kier alpha value is -1.78. The number of sulfonamides is 2. The van der Waals surface area contributed by atoms with E-state index in [1.54, 1.807) is 24.3 Å². The highest BCUT2D eigenvalue weighted by atomic mass is 79.9. The highest BCUT2D eigenvalue weighted by molar-refractivity contribution is 9.10. The van der Waals surface area contributed by atoms with Gasteiger partial charge >= 0.3 is 0 Å². The molecule has 0 saturated heterocycles. The van der Waals surface area contributed by atoms with E-state index in [4.69, 9.17) is 23.2 Å². The summed E-state index contributed by atoms with van der Waals surface area (Å²) in [5.74, 6) is 0. The zero-order chi connectivity index (χ0) is 21.2. The highest BCUT2D eigenvalue weighted by Crippen LogP contribution is 2.25. The van der Waals surface area contributed by atoms with E-state index in [1.807, 2.05) is 0 Å². The van der Waals surface area contributed by atoms with Gasteiger partial charge in [0.1, 0.15) is 0 Å². The third kappa shape index (κ3) is 5.64. The lowest BCUT2D eigenvalue weighted by Crippen LogP contribution is -2.14. The quantitative estimate of drug-likeness (QED) is 0.444. The first-order valence-electron chi connectivity index (χ1n) is 7.92. The first-order valence-corrected chi connectivity index (χ1v) is 12.4. The average Bonchev–Trinajstić information content (AvgIpc) is 2.63. The molecule has 152 valence electrons. The Labute approximate surface area is 187 Å². The summed E-state index contributed by atoms with van der Waals surface area (Å²) >= 11 is 15.0. The number of nitrogens with one attached hydrogen (secondary N) is 2. The molecule has 0 atom stereocenters. The molecule has 0 aliphatic carbocycles. The summed E-state index contributed by atoms with van der Waals surface area (Å²) in [5, 5.41) is 0.358. The van der Waals surface area contributed by atoms with Crippen molar-refractivity contribution in [3.8, 4) is 0 Å². The lowest BCUT2D eigenvalue weighted by atomic mass is 10.3.